The summed E-state index contributed by atoms with van der Waals surface area (Å²) in [5.41, 5.74) is 1.09. The SMILES string of the molecule is CN=C(NCc1ccc(OC)c(OC)c1)NCC(c1ccc(C)o1)N1CCCC1. The van der Waals surface area contributed by atoms with Crippen LogP contribution >= 0.6 is 0 Å². The first-order chi connectivity index (χ1) is 14.1. The molecule has 29 heavy (non-hydrogen) atoms. The van der Waals surface area contributed by atoms with Crippen molar-refractivity contribution in [3.05, 3.63) is 47.4 Å². The maximum Gasteiger partial charge on any atom is 0.191 e. The molecule has 1 atom stereocenters. The molecule has 1 aliphatic rings. The highest BCUT2D eigenvalue weighted by molar-refractivity contribution is 5.79. The van der Waals surface area contributed by atoms with Gasteiger partial charge in [-0.25, -0.2) is 0 Å². The molecule has 7 heteroatoms. The zero-order chi connectivity index (χ0) is 20.6. The largest absolute Gasteiger partial charge is 0.493 e. The minimum Gasteiger partial charge on any atom is -0.493 e. The molecule has 1 aromatic heterocycles. The van der Waals surface area contributed by atoms with Gasteiger partial charge in [-0.05, 0) is 62.7 Å². The fraction of sp³-hybridized carbons (Fsp3) is 0.500. The van der Waals surface area contributed by atoms with E-state index < -0.39 is 0 Å². The maximum atomic E-state index is 5.93. The molecular weight excluding hydrogens is 368 g/mol. The molecule has 7 nitrogen and oxygen atoms in total. The molecule has 0 bridgehead atoms. The van der Waals surface area contributed by atoms with Crippen molar-refractivity contribution >= 4 is 5.96 Å². The average molecular weight is 401 g/mol. The molecule has 1 unspecified atom stereocenters. The molecule has 0 amide bonds. The molecule has 0 spiro atoms. The molecule has 1 aromatic carbocycles. The van der Waals surface area contributed by atoms with Crippen LogP contribution in [-0.2, 0) is 6.54 Å². The Bertz CT molecular complexity index is 812. The number of nitrogens with zero attached hydrogens (tertiary/aromatic N) is 2. The van der Waals surface area contributed by atoms with Gasteiger partial charge < -0.3 is 24.5 Å². The first kappa shape index (κ1) is 21.0. The summed E-state index contributed by atoms with van der Waals surface area (Å²) in [5.74, 6) is 4.15. The van der Waals surface area contributed by atoms with Crippen molar-refractivity contribution in [3.63, 3.8) is 0 Å². The predicted molar refractivity (Wildman–Crippen MR) is 115 cm³/mol. The highest BCUT2D eigenvalue weighted by Gasteiger charge is 2.26. The molecule has 1 saturated heterocycles. The van der Waals surface area contributed by atoms with Crippen molar-refractivity contribution in [2.45, 2.75) is 32.4 Å². The third kappa shape index (κ3) is 5.44. The Kier molecular flexibility index (Phi) is 7.41. The molecule has 1 aliphatic heterocycles. The van der Waals surface area contributed by atoms with Gasteiger partial charge in [-0.3, -0.25) is 9.89 Å². The Morgan fingerprint density at radius 1 is 1.10 bits per heavy atom. The summed E-state index contributed by atoms with van der Waals surface area (Å²) in [7, 11) is 5.06. The summed E-state index contributed by atoms with van der Waals surface area (Å²) < 4.78 is 16.6. The Labute approximate surface area is 173 Å². The molecular formula is C22H32N4O3. The summed E-state index contributed by atoms with van der Waals surface area (Å²) in [4.78, 5) is 6.85. The minimum atomic E-state index is 0.200. The third-order valence-electron chi connectivity index (χ3n) is 5.27. The number of methoxy groups -OCH3 is 2. The van der Waals surface area contributed by atoms with Crippen molar-refractivity contribution in [1.29, 1.82) is 0 Å². The summed E-state index contributed by atoms with van der Waals surface area (Å²) in [5, 5.41) is 6.83. The van der Waals surface area contributed by atoms with Gasteiger partial charge in [0.25, 0.3) is 0 Å². The number of ether oxygens (including phenoxy) is 2. The standard InChI is InChI=1S/C22H32N4O3/c1-16-7-9-19(29-16)18(26-11-5-6-12-26)15-25-22(23-2)24-14-17-8-10-20(27-3)21(13-17)28-4/h7-10,13,18H,5-6,11-12,14-15H2,1-4H3,(H2,23,24,25). The van der Waals surface area contributed by atoms with Crippen LogP contribution in [-0.4, -0.2) is 51.8 Å². The highest BCUT2D eigenvalue weighted by Crippen LogP contribution is 2.28. The number of rotatable bonds is 8. The van der Waals surface area contributed by atoms with E-state index in [2.05, 4.69) is 26.6 Å². The third-order valence-corrected chi connectivity index (χ3v) is 5.27. The number of nitrogens with one attached hydrogen (secondary N) is 2. The fourth-order valence-corrected chi connectivity index (χ4v) is 3.69. The van der Waals surface area contributed by atoms with Crippen molar-refractivity contribution in [2.24, 2.45) is 4.99 Å². The van der Waals surface area contributed by atoms with Gasteiger partial charge in [-0.2, -0.15) is 0 Å². The van der Waals surface area contributed by atoms with Gasteiger partial charge in [0.2, 0.25) is 0 Å². The lowest BCUT2D eigenvalue weighted by Gasteiger charge is -2.26. The smallest absolute Gasteiger partial charge is 0.191 e. The molecule has 0 radical (unpaired) electrons. The van der Waals surface area contributed by atoms with E-state index in [1.165, 1.54) is 12.8 Å². The molecule has 3 rings (SSSR count). The van der Waals surface area contributed by atoms with Gasteiger partial charge in [0.15, 0.2) is 17.5 Å². The van der Waals surface area contributed by atoms with Crippen LogP contribution in [0.25, 0.3) is 0 Å². The molecule has 1 fully saturated rings. The molecule has 2 heterocycles. The Morgan fingerprint density at radius 3 is 2.48 bits per heavy atom. The lowest BCUT2D eigenvalue weighted by molar-refractivity contribution is 0.213. The van der Waals surface area contributed by atoms with E-state index in [9.17, 15) is 0 Å². The van der Waals surface area contributed by atoms with E-state index in [0.29, 0.717) is 6.54 Å². The van der Waals surface area contributed by atoms with Crippen LogP contribution < -0.4 is 20.1 Å². The van der Waals surface area contributed by atoms with Crippen LogP contribution in [0.15, 0.2) is 39.7 Å². The van der Waals surface area contributed by atoms with E-state index in [-0.39, 0.29) is 6.04 Å². The quantitative estimate of drug-likeness (QED) is 0.524. The Balaban J connectivity index is 1.60. The maximum absolute atomic E-state index is 5.93. The van der Waals surface area contributed by atoms with Crippen LogP contribution in [0.3, 0.4) is 0 Å². The highest BCUT2D eigenvalue weighted by atomic mass is 16.5. The number of furan rings is 1. The molecule has 0 saturated carbocycles. The monoisotopic (exact) mass is 400 g/mol. The van der Waals surface area contributed by atoms with Crippen molar-refractivity contribution in [1.82, 2.24) is 15.5 Å². The van der Waals surface area contributed by atoms with Gasteiger partial charge in [0.1, 0.15) is 11.5 Å². The van der Waals surface area contributed by atoms with Crippen molar-refractivity contribution in [2.75, 3.05) is 40.9 Å². The minimum absolute atomic E-state index is 0.200. The van der Waals surface area contributed by atoms with E-state index in [4.69, 9.17) is 13.9 Å². The number of benzene rings is 1. The van der Waals surface area contributed by atoms with Crippen LogP contribution in [0.1, 0.15) is 36.0 Å². The molecule has 0 aliphatic carbocycles. The zero-order valence-corrected chi connectivity index (χ0v) is 17.8. The first-order valence-corrected chi connectivity index (χ1v) is 10.1. The molecule has 2 N–H and O–H groups in total. The van der Waals surface area contributed by atoms with Crippen molar-refractivity contribution < 1.29 is 13.9 Å². The topological polar surface area (TPSA) is 71.3 Å². The predicted octanol–water partition coefficient (Wildman–Crippen LogP) is 3.11. The van der Waals surface area contributed by atoms with E-state index >= 15 is 0 Å². The summed E-state index contributed by atoms with van der Waals surface area (Å²) in [6.07, 6.45) is 2.48. The number of aliphatic imine (C=N–C) groups is 1. The van der Waals surface area contributed by atoms with Gasteiger partial charge in [0.05, 0.1) is 20.3 Å². The lowest BCUT2D eigenvalue weighted by Crippen LogP contribution is -2.42. The number of likely N-dealkylation sites (tertiary alicyclic amines) is 1. The summed E-state index contributed by atoms with van der Waals surface area (Å²) >= 11 is 0. The van der Waals surface area contributed by atoms with Gasteiger partial charge in [-0.15, -0.1) is 0 Å². The van der Waals surface area contributed by atoms with Crippen LogP contribution in [0, 0.1) is 6.92 Å². The number of guanidine groups is 1. The van der Waals surface area contributed by atoms with Crippen LogP contribution in [0.4, 0.5) is 0 Å². The number of hydrogen-bond donors (Lipinski definition) is 2. The zero-order valence-electron chi connectivity index (χ0n) is 17.8. The average Bonchev–Trinajstić information content (AvgIpc) is 3.42. The van der Waals surface area contributed by atoms with Crippen LogP contribution in [0.5, 0.6) is 11.5 Å². The molecule has 2 aromatic rings. The lowest BCUT2D eigenvalue weighted by atomic mass is 10.2. The summed E-state index contributed by atoms with van der Waals surface area (Å²) in [6, 6.07) is 10.2. The first-order valence-electron chi connectivity index (χ1n) is 10.1. The van der Waals surface area contributed by atoms with E-state index in [1.54, 1.807) is 21.3 Å². The number of hydrogen-bond acceptors (Lipinski definition) is 5. The summed E-state index contributed by atoms with van der Waals surface area (Å²) in [6.45, 7) is 5.56. The van der Waals surface area contributed by atoms with Gasteiger partial charge >= 0.3 is 0 Å². The van der Waals surface area contributed by atoms with Gasteiger partial charge in [-0.1, -0.05) is 6.07 Å². The van der Waals surface area contributed by atoms with Gasteiger partial charge in [0, 0.05) is 20.1 Å². The second-order valence-corrected chi connectivity index (χ2v) is 7.20. The molecule has 158 valence electrons. The van der Waals surface area contributed by atoms with E-state index in [0.717, 1.165) is 54.2 Å². The van der Waals surface area contributed by atoms with E-state index in [1.807, 2.05) is 31.2 Å². The van der Waals surface area contributed by atoms with Crippen molar-refractivity contribution in [3.8, 4) is 11.5 Å². The normalized spacial score (nSPS) is 15.9. The number of aryl methyl sites for hydroxylation is 1. The second kappa shape index (κ2) is 10.2. The second-order valence-electron chi connectivity index (χ2n) is 7.20. The Hall–Kier alpha value is -2.67. The Morgan fingerprint density at radius 2 is 1.86 bits per heavy atom. The fourth-order valence-electron chi connectivity index (χ4n) is 3.69. The van der Waals surface area contributed by atoms with Crippen LogP contribution in [0.2, 0.25) is 0 Å².